The molecule has 2 heterocycles. The van der Waals surface area contributed by atoms with Crippen LogP contribution in [0.3, 0.4) is 0 Å². The molecule has 2 fully saturated rings. The molecule has 0 saturated carbocycles. The molecule has 9 atom stereocenters. The topological polar surface area (TPSA) is 239 Å². The lowest BCUT2D eigenvalue weighted by molar-refractivity contribution is -0.383. The third kappa shape index (κ3) is 4.64. The van der Waals surface area contributed by atoms with Crippen LogP contribution in [0.4, 0.5) is 0 Å². The second-order valence-corrected chi connectivity index (χ2v) is 7.61. The first kappa shape index (κ1) is 22.9. The van der Waals surface area contributed by atoms with Crippen LogP contribution in [0, 0.1) is 0 Å². The Morgan fingerprint density at radius 2 is 1.41 bits per heavy atom. The van der Waals surface area contributed by atoms with Gasteiger partial charge in [-0.25, -0.2) is 0 Å². The number of hydrogen-bond acceptors (Lipinski definition) is 14. The first-order valence-corrected chi connectivity index (χ1v) is 9.65. The van der Waals surface area contributed by atoms with Crippen LogP contribution < -0.4 is 0 Å². The molecule has 0 aromatic carbocycles. The third-order valence-electron chi connectivity index (χ3n) is 4.32. The maximum absolute atomic E-state index is 10.1. The van der Waals surface area contributed by atoms with Crippen molar-refractivity contribution in [3.05, 3.63) is 0 Å². The molecule has 2 aliphatic rings. The number of hydrogen-bond donors (Lipinski definition) is 10. The number of ether oxygens (including phenoxy) is 3. The van der Waals surface area contributed by atoms with E-state index in [1.54, 1.807) is 0 Å². The van der Waals surface area contributed by atoms with Gasteiger partial charge >= 0.3 is 9.05 Å². The van der Waals surface area contributed by atoms with Crippen LogP contribution >= 0.6 is 0 Å². The van der Waals surface area contributed by atoms with E-state index in [4.69, 9.17) is 14.2 Å². The molecule has 10 N–H and O–H groups in total. The average molecular weight is 420 g/mol. The quantitative estimate of drug-likeness (QED) is 0.172. The molecule has 0 aromatic heterocycles. The first-order chi connectivity index (χ1) is 12.5. The highest BCUT2D eigenvalue weighted by Crippen LogP contribution is 2.38. The Bertz CT molecular complexity index is 487. The fourth-order valence-corrected chi connectivity index (χ4v) is 3.60. The maximum atomic E-state index is 10.1. The van der Waals surface area contributed by atoms with E-state index in [-0.39, 0.29) is 0 Å². The van der Waals surface area contributed by atoms with Gasteiger partial charge in [-0.15, -0.1) is 0 Å². The minimum absolute atomic E-state index is 0.778. The van der Waals surface area contributed by atoms with Gasteiger partial charge in [-0.2, -0.15) is 0 Å². The second-order valence-electron chi connectivity index (χ2n) is 6.23. The summed E-state index contributed by atoms with van der Waals surface area (Å²) in [7, 11) is -5.28. The van der Waals surface area contributed by atoms with Crippen LogP contribution in [0.2, 0.25) is 0 Å². The Balaban J connectivity index is 2.30. The minimum atomic E-state index is -5.28. The first-order valence-electron chi connectivity index (χ1n) is 7.90. The van der Waals surface area contributed by atoms with E-state index in [9.17, 15) is 50.1 Å². The summed E-state index contributed by atoms with van der Waals surface area (Å²) in [4.78, 5) is 27.5. The highest BCUT2D eigenvalue weighted by molar-refractivity contribution is 6.48. The fourth-order valence-electron chi connectivity index (χ4n) is 2.94. The third-order valence-corrected chi connectivity index (χ3v) is 4.90. The molecule has 0 aliphatic carbocycles. The average Bonchev–Trinajstić information content (AvgIpc) is 2.86. The van der Waals surface area contributed by atoms with Gasteiger partial charge in [-0.05, 0) is 0 Å². The van der Waals surface area contributed by atoms with Gasteiger partial charge in [-0.3, -0.25) is 0 Å². The van der Waals surface area contributed by atoms with Gasteiger partial charge in [0.15, 0.2) is 6.29 Å². The van der Waals surface area contributed by atoms with Crippen LogP contribution in [0.1, 0.15) is 0 Å². The van der Waals surface area contributed by atoms with E-state index in [1.165, 1.54) is 0 Å². The van der Waals surface area contributed by atoms with E-state index in [1.807, 2.05) is 0 Å². The summed E-state index contributed by atoms with van der Waals surface area (Å²) in [6.07, 6.45) is -13.9. The normalized spacial score (nSPS) is 46.0. The minimum Gasteiger partial charge on any atom is -0.394 e. The van der Waals surface area contributed by atoms with Crippen LogP contribution in [0.5, 0.6) is 0 Å². The highest BCUT2D eigenvalue weighted by Gasteiger charge is 2.61. The number of aliphatic hydroxyl groups excluding tert-OH is 7. The molecular formula is C12H24O14Si. The van der Waals surface area contributed by atoms with Gasteiger partial charge in [0.05, 0.1) is 13.2 Å². The lowest BCUT2D eigenvalue weighted by Crippen LogP contribution is -2.64. The Kier molecular flexibility index (Phi) is 7.28. The van der Waals surface area contributed by atoms with Crippen molar-refractivity contribution >= 4 is 9.05 Å². The lowest BCUT2D eigenvalue weighted by atomic mass is 9.99. The monoisotopic (exact) mass is 420 g/mol. The standard InChI is InChI=1S/C12H24O14Si/c13-1-4-6(16)8(18)9(19)11(23-4)25-12(3-15)10(26-27(20,21)22)7(17)5(2-14)24-12/h4-11,13-22H,1-3H2/t4-,5-,6-,7-,8+,9-,10+,11-,12+/m1/s1. The molecule has 2 rings (SSSR count). The van der Waals surface area contributed by atoms with Crippen LogP contribution in [-0.2, 0) is 18.6 Å². The van der Waals surface area contributed by atoms with E-state index < -0.39 is 83.7 Å². The molecule has 0 radical (unpaired) electrons. The van der Waals surface area contributed by atoms with Crippen molar-refractivity contribution in [2.45, 2.75) is 54.8 Å². The predicted molar refractivity (Wildman–Crippen MR) is 79.9 cm³/mol. The molecule has 0 bridgehead atoms. The van der Waals surface area contributed by atoms with E-state index in [0.717, 1.165) is 0 Å². The van der Waals surface area contributed by atoms with Crippen LogP contribution in [0.15, 0.2) is 0 Å². The van der Waals surface area contributed by atoms with Crippen LogP contribution in [0.25, 0.3) is 0 Å². The van der Waals surface area contributed by atoms with Crippen molar-refractivity contribution in [3.8, 4) is 0 Å². The maximum Gasteiger partial charge on any atom is 0.671 e. The Hall–Kier alpha value is -0.343. The summed E-state index contributed by atoms with van der Waals surface area (Å²) in [6.45, 7) is -2.75. The van der Waals surface area contributed by atoms with Gasteiger partial charge in [0, 0.05) is 0 Å². The molecule has 0 unspecified atom stereocenters. The molecule has 15 heteroatoms. The zero-order valence-corrected chi connectivity index (χ0v) is 14.8. The van der Waals surface area contributed by atoms with Gasteiger partial charge in [-0.1, -0.05) is 0 Å². The fraction of sp³-hybridized carbons (Fsp3) is 1.00. The predicted octanol–water partition coefficient (Wildman–Crippen LogP) is -6.96. The molecule has 27 heavy (non-hydrogen) atoms. The van der Waals surface area contributed by atoms with Gasteiger partial charge < -0.3 is 68.8 Å². The van der Waals surface area contributed by atoms with E-state index >= 15 is 0 Å². The number of rotatable bonds is 7. The zero-order valence-electron chi connectivity index (χ0n) is 13.8. The summed E-state index contributed by atoms with van der Waals surface area (Å²) >= 11 is 0. The second kappa shape index (κ2) is 8.57. The Morgan fingerprint density at radius 3 is 1.89 bits per heavy atom. The van der Waals surface area contributed by atoms with Crippen molar-refractivity contribution < 1.29 is 68.8 Å². The van der Waals surface area contributed by atoms with Crippen molar-refractivity contribution in [2.24, 2.45) is 0 Å². The molecule has 0 amide bonds. The molecular weight excluding hydrogens is 396 g/mol. The van der Waals surface area contributed by atoms with Crippen molar-refractivity contribution in [2.75, 3.05) is 19.8 Å². The van der Waals surface area contributed by atoms with Crippen molar-refractivity contribution in [1.82, 2.24) is 0 Å². The molecule has 2 saturated heterocycles. The molecule has 160 valence electrons. The van der Waals surface area contributed by atoms with Gasteiger partial charge in [0.2, 0.25) is 5.79 Å². The van der Waals surface area contributed by atoms with E-state index in [2.05, 4.69) is 4.43 Å². The van der Waals surface area contributed by atoms with Gasteiger partial charge in [0.1, 0.15) is 49.3 Å². The summed E-state index contributed by atoms with van der Waals surface area (Å²) in [5, 5.41) is 67.9. The molecule has 14 nitrogen and oxygen atoms in total. The SMILES string of the molecule is OC[C@H]1O[C@@](CO)(O[C@H]2O[C@H](CO)[C@@H](O)[C@H](O)[C@H]2O)[C@@H](O[Si](O)(O)O)[C@@H]1O. The molecule has 0 spiro atoms. The lowest BCUT2D eigenvalue weighted by Gasteiger charge is -2.44. The van der Waals surface area contributed by atoms with Crippen LogP contribution in [-0.4, -0.2) is 134 Å². The van der Waals surface area contributed by atoms with E-state index in [0.29, 0.717) is 0 Å². The Morgan fingerprint density at radius 1 is 0.815 bits per heavy atom. The zero-order chi connectivity index (χ0) is 20.6. The van der Waals surface area contributed by atoms with Crippen molar-refractivity contribution in [3.63, 3.8) is 0 Å². The smallest absolute Gasteiger partial charge is 0.394 e. The van der Waals surface area contributed by atoms with Crippen molar-refractivity contribution in [1.29, 1.82) is 0 Å². The summed E-state index contributed by atoms with van der Waals surface area (Å²) in [6, 6.07) is 0. The van der Waals surface area contributed by atoms with Gasteiger partial charge in [0.25, 0.3) is 0 Å². The number of aliphatic hydroxyl groups is 7. The highest BCUT2D eigenvalue weighted by atomic mass is 28.4. The Labute approximate surface area is 153 Å². The molecule has 2 aliphatic heterocycles. The summed E-state index contributed by atoms with van der Waals surface area (Å²) in [5.74, 6) is -2.48. The molecule has 0 aromatic rings. The largest absolute Gasteiger partial charge is 0.671 e. The summed E-state index contributed by atoms with van der Waals surface area (Å²) in [5.41, 5.74) is 0. The summed E-state index contributed by atoms with van der Waals surface area (Å²) < 4.78 is 20.1.